The Hall–Kier alpha value is -1.89. The molecule has 0 atom stereocenters. The van der Waals surface area contributed by atoms with Gasteiger partial charge in [0.1, 0.15) is 5.69 Å². The zero-order chi connectivity index (χ0) is 15.4. The maximum atomic E-state index is 12.5. The number of amides is 2. The monoisotopic (exact) mass is 294 g/mol. The van der Waals surface area contributed by atoms with Gasteiger partial charge in [0.2, 0.25) is 0 Å². The fraction of sp³-hybridized carbons (Fsp3) is 0.643. The molecule has 0 radical (unpaired) electrons. The highest BCUT2D eigenvalue weighted by atomic mass is 16.3. The van der Waals surface area contributed by atoms with Crippen LogP contribution in [0.5, 0.6) is 0 Å². The summed E-state index contributed by atoms with van der Waals surface area (Å²) >= 11 is 0. The van der Waals surface area contributed by atoms with E-state index in [-0.39, 0.29) is 36.4 Å². The van der Waals surface area contributed by atoms with Gasteiger partial charge in [0.05, 0.1) is 12.9 Å². The summed E-state index contributed by atoms with van der Waals surface area (Å²) in [5, 5.41) is 8.89. The number of carbonyl (C=O) groups is 2. The van der Waals surface area contributed by atoms with Crippen molar-refractivity contribution in [1.29, 1.82) is 0 Å². The van der Waals surface area contributed by atoms with E-state index < -0.39 is 0 Å². The maximum Gasteiger partial charge on any atom is 0.274 e. The van der Waals surface area contributed by atoms with Gasteiger partial charge in [0, 0.05) is 26.7 Å². The minimum Gasteiger partial charge on any atom is -0.395 e. The summed E-state index contributed by atoms with van der Waals surface area (Å²) in [4.78, 5) is 34.6. The Bertz CT molecular complexity index is 506. The Morgan fingerprint density at radius 2 is 2.14 bits per heavy atom. The lowest BCUT2D eigenvalue weighted by Crippen LogP contribution is -2.39. The maximum absolute atomic E-state index is 12.5. The first-order chi connectivity index (χ1) is 10.0. The predicted molar refractivity (Wildman–Crippen MR) is 76.9 cm³/mol. The first kappa shape index (κ1) is 15.5. The van der Waals surface area contributed by atoms with Crippen molar-refractivity contribution in [3.8, 4) is 0 Å². The van der Waals surface area contributed by atoms with Crippen LogP contribution in [-0.2, 0) is 0 Å². The Kier molecular flexibility index (Phi) is 4.95. The Balaban J connectivity index is 2.12. The van der Waals surface area contributed by atoms with Gasteiger partial charge in [-0.25, -0.2) is 4.98 Å². The molecule has 2 rings (SSSR count). The number of H-pyrrole nitrogens is 1. The molecule has 1 aromatic heterocycles. The summed E-state index contributed by atoms with van der Waals surface area (Å²) in [6.07, 6.45) is 3.32. The summed E-state index contributed by atoms with van der Waals surface area (Å²) in [6, 6.07) is 0. The van der Waals surface area contributed by atoms with Gasteiger partial charge in [-0.1, -0.05) is 6.92 Å². The number of aromatic nitrogens is 2. The molecule has 0 saturated carbocycles. The molecule has 7 nitrogen and oxygen atoms in total. The zero-order valence-electron chi connectivity index (χ0n) is 12.5. The summed E-state index contributed by atoms with van der Waals surface area (Å²) < 4.78 is 0. The molecule has 1 fully saturated rings. The number of aromatic amines is 1. The highest BCUT2D eigenvalue weighted by Gasteiger charge is 2.28. The Labute approximate surface area is 124 Å². The number of nitrogens with zero attached hydrogens (tertiary/aromatic N) is 3. The van der Waals surface area contributed by atoms with Crippen molar-refractivity contribution < 1.29 is 14.7 Å². The molecule has 0 aromatic carbocycles. The van der Waals surface area contributed by atoms with Crippen molar-refractivity contribution in [2.24, 2.45) is 5.92 Å². The second-order valence-electron chi connectivity index (χ2n) is 5.55. The van der Waals surface area contributed by atoms with E-state index in [9.17, 15) is 9.59 Å². The molecule has 1 saturated heterocycles. The number of imidazole rings is 1. The van der Waals surface area contributed by atoms with Gasteiger partial charge in [0.25, 0.3) is 11.8 Å². The molecular formula is C14H22N4O3. The minimum atomic E-state index is -0.362. The average molecular weight is 294 g/mol. The third kappa shape index (κ3) is 3.41. The smallest absolute Gasteiger partial charge is 0.274 e. The normalized spacial score (nSPS) is 16.0. The quantitative estimate of drug-likeness (QED) is 0.838. The van der Waals surface area contributed by atoms with E-state index in [0.29, 0.717) is 19.0 Å². The highest BCUT2D eigenvalue weighted by molar-refractivity contribution is 6.04. The summed E-state index contributed by atoms with van der Waals surface area (Å²) in [7, 11) is 1.57. The van der Waals surface area contributed by atoms with Crippen LogP contribution in [0.25, 0.3) is 0 Å². The summed E-state index contributed by atoms with van der Waals surface area (Å²) in [5.41, 5.74) is 0.355. The third-order valence-corrected chi connectivity index (χ3v) is 3.91. The second kappa shape index (κ2) is 6.71. The number of likely N-dealkylation sites (N-methyl/N-ethyl adjacent to an activating group) is 1. The fourth-order valence-corrected chi connectivity index (χ4v) is 2.42. The SMILES string of the molecule is CC1CCN(C(=O)c2[nH]cnc2C(=O)N(C)CCO)CC1. The molecule has 7 heteroatoms. The lowest BCUT2D eigenvalue weighted by molar-refractivity contribution is 0.0674. The van der Waals surface area contributed by atoms with Crippen molar-refractivity contribution in [2.75, 3.05) is 33.3 Å². The van der Waals surface area contributed by atoms with Crippen molar-refractivity contribution in [3.63, 3.8) is 0 Å². The highest BCUT2D eigenvalue weighted by Crippen LogP contribution is 2.18. The number of nitrogens with one attached hydrogen (secondary N) is 1. The van der Waals surface area contributed by atoms with Crippen molar-refractivity contribution in [1.82, 2.24) is 19.8 Å². The number of aliphatic hydroxyl groups is 1. The van der Waals surface area contributed by atoms with E-state index in [2.05, 4.69) is 16.9 Å². The van der Waals surface area contributed by atoms with Gasteiger partial charge in [-0.2, -0.15) is 0 Å². The number of piperidine rings is 1. The Morgan fingerprint density at radius 3 is 2.76 bits per heavy atom. The van der Waals surface area contributed by atoms with Crippen LogP contribution in [0, 0.1) is 5.92 Å². The topological polar surface area (TPSA) is 89.5 Å². The van der Waals surface area contributed by atoms with E-state index in [1.165, 1.54) is 11.2 Å². The molecule has 1 aliphatic rings. The first-order valence-corrected chi connectivity index (χ1v) is 7.23. The van der Waals surface area contributed by atoms with E-state index >= 15 is 0 Å². The average Bonchev–Trinajstić information content (AvgIpc) is 2.96. The van der Waals surface area contributed by atoms with Crippen LogP contribution in [0.2, 0.25) is 0 Å². The molecular weight excluding hydrogens is 272 g/mol. The standard InChI is InChI=1S/C14H22N4O3/c1-10-3-5-18(6-4-10)14(21)12-11(15-9-16-12)13(20)17(2)7-8-19/h9-10,19H,3-8H2,1-2H3,(H,15,16). The second-order valence-corrected chi connectivity index (χ2v) is 5.55. The summed E-state index contributed by atoms with van der Waals surface area (Å²) in [5.74, 6) is 0.0896. The van der Waals surface area contributed by atoms with Crippen LogP contribution in [0.4, 0.5) is 0 Å². The van der Waals surface area contributed by atoms with Gasteiger partial charge >= 0.3 is 0 Å². The minimum absolute atomic E-state index is 0.120. The fourth-order valence-electron chi connectivity index (χ4n) is 2.42. The van der Waals surface area contributed by atoms with E-state index in [0.717, 1.165) is 12.8 Å². The molecule has 2 amide bonds. The number of hydrogen-bond donors (Lipinski definition) is 2. The van der Waals surface area contributed by atoms with Crippen LogP contribution in [0.3, 0.4) is 0 Å². The van der Waals surface area contributed by atoms with Crippen LogP contribution >= 0.6 is 0 Å². The van der Waals surface area contributed by atoms with Crippen molar-refractivity contribution >= 4 is 11.8 Å². The Morgan fingerprint density at radius 1 is 1.48 bits per heavy atom. The van der Waals surface area contributed by atoms with Gasteiger partial charge in [-0.05, 0) is 18.8 Å². The number of likely N-dealkylation sites (tertiary alicyclic amines) is 1. The van der Waals surface area contributed by atoms with Crippen molar-refractivity contribution in [2.45, 2.75) is 19.8 Å². The van der Waals surface area contributed by atoms with Gasteiger partial charge in [0.15, 0.2) is 5.69 Å². The van der Waals surface area contributed by atoms with Gasteiger partial charge in [-0.15, -0.1) is 0 Å². The first-order valence-electron chi connectivity index (χ1n) is 7.23. The lowest BCUT2D eigenvalue weighted by atomic mass is 9.99. The lowest BCUT2D eigenvalue weighted by Gasteiger charge is -2.30. The number of aliphatic hydroxyl groups excluding tert-OH is 1. The largest absolute Gasteiger partial charge is 0.395 e. The van der Waals surface area contributed by atoms with Crippen LogP contribution in [-0.4, -0.2) is 70.0 Å². The number of rotatable bonds is 4. The van der Waals surface area contributed by atoms with E-state index in [1.807, 2.05) is 0 Å². The van der Waals surface area contributed by atoms with E-state index in [1.54, 1.807) is 11.9 Å². The van der Waals surface area contributed by atoms with Crippen LogP contribution < -0.4 is 0 Å². The molecule has 116 valence electrons. The molecule has 0 aliphatic carbocycles. The van der Waals surface area contributed by atoms with Gasteiger partial charge in [-0.3, -0.25) is 9.59 Å². The zero-order valence-corrected chi connectivity index (χ0v) is 12.5. The molecule has 1 aliphatic heterocycles. The molecule has 1 aromatic rings. The molecule has 0 bridgehead atoms. The third-order valence-electron chi connectivity index (χ3n) is 3.91. The van der Waals surface area contributed by atoms with Gasteiger partial charge < -0.3 is 19.9 Å². The summed E-state index contributed by atoms with van der Waals surface area (Å²) in [6.45, 7) is 3.68. The predicted octanol–water partition coefficient (Wildman–Crippen LogP) is 0.346. The molecule has 2 heterocycles. The molecule has 2 N–H and O–H groups in total. The number of carbonyl (C=O) groups excluding carboxylic acids is 2. The van der Waals surface area contributed by atoms with E-state index in [4.69, 9.17) is 5.11 Å². The van der Waals surface area contributed by atoms with Crippen molar-refractivity contribution in [3.05, 3.63) is 17.7 Å². The van der Waals surface area contributed by atoms with Crippen LogP contribution in [0.1, 0.15) is 40.7 Å². The molecule has 0 unspecified atom stereocenters. The van der Waals surface area contributed by atoms with Crippen LogP contribution in [0.15, 0.2) is 6.33 Å². The molecule has 21 heavy (non-hydrogen) atoms. The number of hydrogen-bond acceptors (Lipinski definition) is 4. The molecule has 0 spiro atoms.